The van der Waals surface area contributed by atoms with E-state index in [1.807, 2.05) is 0 Å². The van der Waals surface area contributed by atoms with Crippen LogP contribution >= 0.6 is 11.9 Å². The topological polar surface area (TPSA) is 106 Å². The number of rotatable bonds is 4. The fraction of sp³-hybridized carbons (Fsp3) is 0.176. The van der Waals surface area contributed by atoms with Crippen molar-refractivity contribution in [3.05, 3.63) is 48.5 Å². The van der Waals surface area contributed by atoms with Gasteiger partial charge in [0.1, 0.15) is 10.6 Å². The van der Waals surface area contributed by atoms with Crippen LogP contribution in [-0.2, 0) is 14.9 Å². The molecule has 0 atom stereocenters. The lowest BCUT2D eigenvalue weighted by atomic mass is 10.3. The molecule has 0 fully saturated rings. The molecule has 0 aromatic heterocycles. The first-order chi connectivity index (χ1) is 12.8. The largest absolute Gasteiger partial charge is 0.447 e. The van der Waals surface area contributed by atoms with Crippen molar-refractivity contribution in [1.29, 1.82) is 0 Å². The molecule has 1 aliphatic rings. The van der Waals surface area contributed by atoms with Gasteiger partial charge in [0.15, 0.2) is 5.17 Å². The number of amides is 1. The van der Waals surface area contributed by atoms with Crippen LogP contribution in [-0.4, -0.2) is 25.8 Å². The van der Waals surface area contributed by atoms with Gasteiger partial charge in [-0.05, 0) is 44.2 Å². The monoisotopic (exact) mass is 407 g/mol. The second-order valence-electron chi connectivity index (χ2n) is 5.73. The molecule has 142 valence electrons. The van der Waals surface area contributed by atoms with E-state index < -0.39 is 16.2 Å². The van der Waals surface area contributed by atoms with Crippen molar-refractivity contribution in [2.24, 2.45) is 4.99 Å². The number of nitrogens with zero attached hydrogens (tertiary/aromatic N) is 1. The Bertz CT molecular complexity index is 975. The SMILES string of the molecule is CC(C)OC(=O)NC1=Nc2ccc(S(=O)(=O)Oc3ccccc3)cc2NS1. The third-order valence-electron chi connectivity index (χ3n) is 3.24. The molecule has 0 radical (unpaired) electrons. The van der Waals surface area contributed by atoms with E-state index in [9.17, 15) is 13.2 Å². The summed E-state index contributed by atoms with van der Waals surface area (Å²) in [5, 5.41) is 2.81. The molecule has 1 aliphatic heterocycles. The molecule has 0 saturated heterocycles. The fourth-order valence-electron chi connectivity index (χ4n) is 2.12. The zero-order valence-corrected chi connectivity index (χ0v) is 16.1. The van der Waals surface area contributed by atoms with Crippen LogP contribution in [0.5, 0.6) is 5.75 Å². The number of carbonyl (C=O) groups excluding carboxylic acids is 1. The quantitative estimate of drug-likeness (QED) is 0.588. The number of ether oxygens (including phenoxy) is 1. The van der Waals surface area contributed by atoms with E-state index in [0.29, 0.717) is 16.5 Å². The molecule has 1 heterocycles. The Morgan fingerprint density at radius 2 is 1.93 bits per heavy atom. The van der Waals surface area contributed by atoms with Gasteiger partial charge in [-0.15, -0.1) is 0 Å². The van der Waals surface area contributed by atoms with Gasteiger partial charge in [-0.2, -0.15) is 8.42 Å². The van der Waals surface area contributed by atoms with Crippen molar-refractivity contribution in [3.63, 3.8) is 0 Å². The van der Waals surface area contributed by atoms with Crippen LogP contribution in [0.1, 0.15) is 13.8 Å². The molecule has 8 nitrogen and oxygen atoms in total. The average molecular weight is 407 g/mol. The maximum absolute atomic E-state index is 12.4. The first kappa shape index (κ1) is 19.1. The van der Waals surface area contributed by atoms with Gasteiger partial charge >= 0.3 is 16.2 Å². The van der Waals surface area contributed by atoms with E-state index >= 15 is 0 Å². The lowest BCUT2D eigenvalue weighted by Gasteiger charge is -2.18. The number of anilines is 1. The molecule has 0 saturated carbocycles. The Morgan fingerprint density at radius 1 is 1.19 bits per heavy atom. The van der Waals surface area contributed by atoms with Gasteiger partial charge in [0.25, 0.3) is 0 Å². The number of fused-ring (bicyclic) bond motifs is 1. The second-order valence-corrected chi connectivity index (χ2v) is 8.07. The zero-order valence-electron chi connectivity index (χ0n) is 14.5. The fourth-order valence-corrected chi connectivity index (χ4v) is 3.73. The number of carbonyl (C=O) groups is 1. The van der Waals surface area contributed by atoms with Crippen LogP contribution in [0.25, 0.3) is 0 Å². The molecule has 2 aromatic rings. The predicted octanol–water partition coefficient (Wildman–Crippen LogP) is 3.65. The molecule has 0 spiro atoms. The van der Waals surface area contributed by atoms with E-state index in [1.54, 1.807) is 44.2 Å². The van der Waals surface area contributed by atoms with Gasteiger partial charge in [0, 0.05) is 11.9 Å². The number of hydrogen-bond acceptors (Lipinski definition) is 8. The van der Waals surface area contributed by atoms with E-state index in [1.165, 1.54) is 18.2 Å². The lowest BCUT2D eigenvalue weighted by molar-refractivity contribution is 0.121. The van der Waals surface area contributed by atoms with Crippen molar-refractivity contribution in [1.82, 2.24) is 5.32 Å². The Morgan fingerprint density at radius 3 is 2.63 bits per heavy atom. The van der Waals surface area contributed by atoms with E-state index in [2.05, 4.69) is 15.0 Å². The molecule has 0 aliphatic carbocycles. The summed E-state index contributed by atoms with van der Waals surface area (Å²) in [6.45, 7) is 3.48. The van der Waals surface area contributed by atoms with Gasteiger partial charge in [0.05, 0.1) is 17.5 Å². The minimum Gasteiger partial charge on any atom is -0.447 e. The van der Waals surface area contributed by atoms with Gasteiger partial charge in [-0.3, -0.25) is 5.32 Å². The van der Waals surface area contributed by atoms with Crippen LogP contribution in [0.4, 0.5) is 16.2 Å². The van der Waals surface area contributed by atoms with Gasteiger partial charge in [0.2, 0.25) is 0 Å². The van der Waals surface area contributed by atoms with Crippen molar-refractivity contribution in [2.75, 3.05) is 4.72 Å². The Labute approximate surface area is 161 Å². The van der Waals surface area contributed by atoms with E-state index in [4.69, 9.17) is 8.92 Å². The Hall–Kier alpha value is -2.72. The number of aliphatic imine (C=N–C) groups is 1. The molecule has 2 aromatic carbocycles. The van der Waals surface area contributed by atoms with Gasteiger partial charge in [-0.25, -0.2) is 9.79 Å². The maximum atomic E-state index is 12.4. The molecule has 1 amide bonds. The normalized spacial score (nSPS) is 13.2. The number of para-hydroxylation sites is 1. The summed E-state index contributed by atoms with van der Waals surface area (Å²) in [4.78, 5) is 15.9. The minimum absolute atomic E-state index is 0.0102. The van der Waals surface area contributed by atoms with Crippen molar-refractivity contribution < 1.29 is 22.1 Å². The smallest absolute Gasteiger partial charge is 0.413 e. The molecule has 3 rings (SSSR count). The molecule has 2 N–H and O–H groups in total. The van der Waals surface area contributed by atoms with Crippen molar-refractivity contribution in [2.45, 2.75) is 24.8 Å². The van der Waals surface area contributed by atoms with Crippen molar-refractivity contribution in [3.8, 4) is 5.75 Å². The lowest BCUT2D eigenvalue weighted by Crippen LogP contribution is -2.32. The highest BCUT2D eigenvalue weighted by Crippen LogP contribution is 2.34. The third-order valence-corrected chi connectivity index (χ3v) is 5.19. The summed E-state index contributed by atoms with van der Waals surface area (Å²) in [7, 11) is -3.98. The molecule has 0 unspecified atom stereocenters. The molecule has 27 heavy (non-hydrogen) atoms. The summed E-state index contributed by atoms with van der Waals surface area (Å²) in [5.74, 6) is 0.228. The summed E-state index contributed by atoms with van der Waals surface area (Å²) in [5.41, 5.74) is 0.966. The van der Waals surface area contributed by atoms with E-state index in [0.717, 1.165) is 11.9 Å². The second kappa shape index (κ2) is 7.89. The molecule has 0 bridgehead atoms. The average Bonchev–Trinajstić information content (AvgIpc) is 2.61. The minimum atomic E-state index is -3.98. The highest BCUT2D eigenvalue weighted by Gasteiger charge is 2.21. The number of hydrogen-bond donors (Lipinski definition) is 2. The van der Waals surface area contributed by atoms with E-state index in [-0.39, 0.29) is 16.7 Å². The summed E-state index contributed by atoms with van der Waals surface area (Å²) < 4.78 is 37.9. The van der Waals surface area contributed by atoms with Crippen LogP contribution in [0.15, 0.2) is 58.4 Å². The predicted molar refractivity (Wildman–Crippen MR) is 104 cm³/mol. The number of amidine groups is 1. The Balaban J connectivity index is 1.77. The van der Waals surface area contributed by atoms with Gasteiger partial charge in [-0.1, -0.05) is 18.2 Å². The van der Waals surface area contributed by atoms with Crippen LogP contribution in [0, 0.1) is 0 Å². The first-order valence-electron chi connectivity index (χ1n) is 7.96. The molecule has 10 heteroatoms. The third kappa shape index (κ3) is 4.92. The van der Waals surface area contributed by atoms with Crippen LogP contribution < -0.4 is 14.2 Å². The van der Waals surface area contributed by atoms with Crippen LogP contribution in [0.3, 0.4) is 0 Å². The summed E-state index contributed by atoms with van der Waals surface area (Å²) >= 11 is 1.04. The summed E-state index contributed by atoms with van der Waals surface area (Å²) in [6.07, 6.45) is -0.867. The Kier molecular flexibility index (Phi) is 5.57. The van der Waals surface area contributed by atoms with Crippen molar-refractivity contribution >= 4 is 44.7 Å². The van der Waals surface area contributed by atoms with Gasteiger partial charge < -0.3 is 13.6 Å². The first-order valence-corrected chi connectivity index (χ1v) is 10.2. The highest BCUT2D eigenvalue weighted by molar-refractivity contribution is 8.15. The maximum Gasteiger partial charge on any atom is 0.413 e. The van der Waals surface area contributed by atoms with Crippen LogP contribution in [0.2, 0.25) is 0 Å². The number of nitrogens with one attached hydrogen (secondary N) is 2. The highest BCUT2D eigenvalue weighted by atomic mass is 32.2. The number of benzene rings is 2. The number of alkyl carbamates (subject to hydrolysis) is 1. The standard InChI is InChI=1S/C17H17N3O5S2/c1-11(2)24-17(21)19-16-18-14-9-8-13(10-15(14)20-26-16)27(22,23)25-12-6-4-3-5-7-12/h3-11,20H,1-2H3,(H,18,19,21). The molecular weight excluding hydrogens is 390 g/mol. The zero-order chi connectivity index (χ0) is 19.4. The molecular formula is C17H17N3O5S2. The summed E-state index contributed by atoms with van der Waals surface area (Å²) in [6, 6.07) is 12.6.